The smallest absolute Gasteiger partial charge is 0.330 e. The Balaban J connectivity index is 3.02. The van der Waals surface area contributed by atoms with Crippen LogP contribution in [0.2, 0.25) is 0 Å². The van der Waals surface area contributed by atoms with E-state index in [1.54, 1.807) is 19.9 Å². The number of carbonyl (C=O) groups excluding carboxylic acids is 1. The number of rotatable bonds is 4. The molecule has 0 saturated heterocycles. The zero-order valence-corrected chi connectivity index (χ0v) is 10.2. The predicted molar refractivity (Wildman–Crippen MR) is 67.9 cm³/mol. The lowest BCUT2D eigenvalue weighted by molar-refractivity contribution is -0.385. The maximum absolute atomic E-state index is 11.1. The first-order valence-corrected chi connectivity index (χ1v) is 5.35. The summed E-state index contributed by atoms with van der Waals surface area (Å²) in [5.74, 6) is -0.479. The van der Waals surface area contributed by atoms with Crippen LogP contribution in [-0.2, 0) is 9.53 Å². The molecular formula is C12H14N2O4. The van der Waals surface area contributed by atoms with E-state index in [4.69, 9.17) is 10.5 Å². The van der Waals surface area contributed by atoms with Gasteiger partial charge in [-0.1, -0.05) is 0 Å². The third-order valence-corrected chi connectivity index (χ3v) is 2.28. The van der Waals surface area contributed by atoms with E-state index in [9.17, 15) is 14.9 Å². The maximum Gasteiger partial charge on any atom is 0.330 e. The molecule has 18 heavy (non-hydrogen) atoms. The van der Waals surface area contributed by atoms with Crippen LogP contribution in [0.25, 0.3) is 6.08 Å². The second-order valence-electron chi connectivity index (χ2n) is 3.61. The van der Waals surface area contributed by atoms with Gasteiger partial charge in [0, 0.05) is 23.4 Å². The molecule has 0 radical (unpaired) electrons. The highest BCUT2D eigenvalue weighted by atomic mass is 16.6. The van der Waals surface area contributed by atoms with Crippen LogP contribution in [0.3, 0.4) is 0 Å². The normalized spacial score (nSPS) is 10.6. The number of benzene rings is 1. The number of hydrogen-bond acceptors (Lipinski definition) is 5. The van der Waals surface area contributed by atoms with Gasteiger partial charge in [0.15, 0.2) is 0 Å². The minimum Gasteiger partial charge on any atom is -0.463 e. The standard InChI is InChI=1S/C12H14N2O4/c1-3-18-12(15)5-4-9-6-8(2)11(14(16)17)7-10(9)13/h4-7H,3,13H2,1-2H3. The van der Waals surface area contributed by atoms with Crippen molar-refractivity contribution in [1.82, 2.24) is 0 Å². The SMILES string of the molecule is CCOC(=O)C=Cc1cc(C)c([N+](=O)[O-])cc1N. The Morgan fingerprint density at radius 1 is 1.56 bits per heavy atom. The fourth-order valence-electron chi connectivity index (χ4n) is 1.42. The summed E-state index contributed by atoms with van der Waals surface area (Å²) in [5, 5.41) is 10.7. The van der Waals surface area contributed by atoms with Crippen molar-refractivity contribution < 1.29 is 14.5 Å². The summed E-state index contributed by atoms with van der Waals surface area (Å²) in [7, 11) is 0. The van der Waals surface area contributed by atoms with Gasteiger partial charge in [-0.3, -0.25) is 10.1 Å². The highest BCUT2D eigenvalue weighted by Crippen LogP contribution is 2.25. The highest BCUT2D eigenvalue weighted by molar-refractivity contribution is 5.88. The van der Waals surface area contributed by atoms with Crippen molar-refractivity contribution >= 4 is 23.4 Å². The largest absolute Gasteiger partial charge is 0.463 e. The Hall–Kier alpha value is -2.37. The Morgan fingerprint density at radius 3 is 2.78 bits per heavy atom. The van der Waals surface area contributed by atoms with Crippen molar-refractivity contribution in [1.29, 1.82) is 0 Å². The number of nitro groups is 1. The van der Waals surface area contributed by atoms with Gasteiger partial charge in [-0.25, -0.2) is 4.79 Å². The van der Waals surface area contributed by atoms with Crippen LogP contribution in [0.4, 0.5) is 11.4 Å². The van der Waals surface area contributed by atoms with Gasteiger partial charge in [0.2, 0.25) is 0 Å². The molecule has 0 spiro atoms. The van der Waals surface area contributed by atoms with Gasteiger partial charge in [0.05, 0.1) is 11.5 Å². The molecule has 0 atom stereocenters. The van der Waals surface area contributed by atoms with Crippen LogP contribution in [0.5, 0.6) is 0 Å². The minimum atomic E-state index is -0.496. The minimum absolute atomic E-state index is 0.0409. The summed E-state index contributed by atoms with van der Waals surface area (Å²) in [6.45, 7) is 3.60. The number of anilines is 1. The van der Waals surface area contributed by atoms with E-state index in [1.807, 2.05) is 0 Å². The molecule has 0 aliphatic carbocycles. The highest BCUT2D eigenvalue weighted by Gasteiger charge is 2.12. The van der Waals surface area contributed by atoms with Crippen molar-refractivity contribution in [2.24, 2.45) is 0 Å². The van der Waals surface area contributed by atoms with Crippen LogP contribution in [0.15, 0.2) is 18.2 Å². The Labute approximate surface area is 104 Å². The van der Waals surface area contributed by atoms with E-state index in [2.05, 4.69) is 0 Å². The van der Waals surface area contributed by atoms with Crippen molar-refractivity contribution in [3.05, 3.63) is 39.4 Å². The van der Waals surface area contributed by atoms with Gasteiger partial charge in [-0.05, 0) is 31.6 Å². The number of nitrogens with two attached hydrogens (primary N) is 1. The van der Waals surface area contributed by atoms with Crippen LogP contribution < -0.4 is 5.73 Å². The van der Waals surface area contributed by atoms with E-state index in [0.29, 0.717) is 11.1 Å². The lowest BCUT2D eigenvalue weighted by Crippen LogP contribution is -2.00. The maximum atomic E-state index is 11.1. The summed E-state index contributed by atoms with van der Waals surface area (Å²) in [4.78, 5) is 21.3. The summed E-state index contributed by atoms with van der Waals surface area (Å²) >= 11 is 0. The topological polar surface area (TPSA) is 95.5 Å². The zero-order valence-electron chi connectivity index (χ0n) is 10.2. The summed E-state index contributed by atoms with van der Waals surface area (Å²) in [6.07, 6.45) is 2.71. The predicted octanol–water partition coefficient (Wildman–Crippen LogP) is 2.06. The van der Waals surface area contributed by atoms with Gasteiger partial charge >= 0.3 is 5.97 Å². The number of nitro benzene ring substituents is 1. The van der Waals surface area contributed by atoms with Gasteiger partial charge < -0.3 is 10.5 Å². The molecule has 0 aromatic heterocycles. The average Bonchev–Trinajstić information content (AvgIpc) is 2.29. The van der Waals surface area contributed by atoms with Crippen molar-refractivity contribution in [2.45, 2.75) is 13.8 Å². The van der Waals surface area contributed by atoms with Crippen LogP contribution in [0, 0.1) is 17.0 Å². The molecule has 0 aliphatic heterocycles. The fourth-order valence-corrected chi connectivity index (χ4v) is 1.42. The summed E-state index contributed by atoms with van der Waals surface area (Å²) < 4.78 is 4.72. The molecule has 1 rings (SSSR count). The first kappa shape index (κ1) is 13.7. The third kappa shape index (κ3) is 3.31. The number of hydrogen-bond donors (Lipinski definition) is 1. The molecule has 2 N–H and O–H groups in total. The molecule has 1 aromatic carbocycles. The summed E-state index contributed by atoms with van der Waals surface area (Å²) in [6, 6.07) is 2.84. The first-order chi connectivity index (χ1) is 8.45. The van der Waals surface area contributed by atoms with Gasteiger partial charge in [-0.2, -0.15) is 0 Å². The zero-order chi connectivity index (χ0) is 13.7. The molecule has 0 heterocycles. The van der Waals surface area contributed by atoms with Gasteiger partial charge in [0.1, 0.15) is 0 Å². The second-order valence-corrected chi connectivity index (χ2v) is 3.61. The number of carbonyl (C=O) groups is 1. The monoisotopic (exact) mass is 250 g/mol. The molecule has 0 fully saturated rings. The molecule has 6 nitrogen and oxygen atoms in total. The number of nitrogen functional groups attached to an aromatic ring is 1. The number of esters is 1. The van der Waals surface area contributed by atoms with Gasteiger partial charge in [-0.15, -0.1) is 0 Å². The Kier molecular flexibility index (Phi) is 4.42. The van der Waals surface area contributed by atoms with Crippen molar-refractivity contribution in [2.75, 3.05) is 12.3 Å². The van der Waals surface area contributed by atoms with Crippen molar-refractivity contribution in [3.63, 3.8) is 0 Å². The molecule has 0 aliphatic rings. The van der Waals surface area contributed by atoms with E-state index in [-0.39, 0.29) is 18.0 Å². The Bertz CT molecular complexity index is 509. The molecular weight excluding hydrogens is 236 g/mol. The molecule has 6 heteroatoms. The first-order valence-electron chi connectivity index (χ1n) is 5.35. The number of nitrogens with zero attached hydrogens (tertiary/aromatic N) is 1. The Morgan fingerprint density at radius 2 is 2.22 bits per heavy atom. The quantitative estimate of drug-likeness (QED) is 0.290. The fraction of sp³-hybridized carbons (Fsp3) is 0.250. The second kappa shape index (κ2) is 5.81. The molecule has 96 valence electrons. The molecule has 1 aromatic rings. The number of ether oxygens (including phenoxy) is 1. The lowest BCUT2D eigenvalue weighted by Gasteiger charge is -2.03. The molecule has 0 amide bonds. The van der Waals surface area contributed by atoms with E-state index < -0.39 is 10.9 Å². The van der Waals surface area contributed by atoms with Gasteiger partial charge in [0.25, 0.3) is 5.69 Å². The van der Waals surface area contributed by atoms with Crippen LogP contribution in [-0.4, -0.2) is 17.5 Å². The summed E-state index contributed by atoms with van der Waals surface area (Å²) in [5.41, 5.74) is 6.91. The molecule has 0 bridgehead atoms. The lowest BCUT2D eigenvalue weighted by atomic mass is 10.1. The van der Waals surface area contributed by atoms with E-state index in [1.165, 1.54) is 18.2 Å². The number of aryl methyl sites for hydroxylation is 1. The van der Waals surface area contributed by atoms with E-state index >= 15 is 0 Å². The van der Waals surface area contributed by atoms with Crippen molar-refractivity contribution in [3.8, 4) is 0 Å². The molecule has 0 saturated carbocycles. The average molecular weight is 250 g/mol. The van der Waals surface area contributed by atoms with Crippen LogP contribution in [0.1, 0.15) is 18.1 Å². The van der Waals surface area contributed by atoms with Crippen LogP contribution >= 0.6 is 0 Å². The molecule has 0 unspecified atom stereocenters. The third-order valence-electron chi connectivity index (χ3n) is 2.28. The van der Waals surface area contributed by atoms with E-state index in [0.717, 1.165) is 0 Å².